The summed E-state index contributed by atoms with van der Waals surface area (Å²) >= 11 is 0. The zero-order chi connectivity index (χ0) is 21.7. The van der Waals surface area contributed by atoms with Gasteiger partial charge >= 0.3 is 12.1 Å². The molecule has 0 atom stereocenters. The second-order valence-electron chi connectivity index (χ2n) is 6.02. The molecule has 0 bridgehead atoms. The fourth-order valence-electron chi connectivity index (χ4n) is 2.36. The molecular formula is C19H19F3O6S. The number of ether oxygens (including phenoxy) is 2. The van der Waals surface area contributed by atoms with E-state index in [1.165, 1.54) is 6.07 Å². The van der Waals surface area contributed by atoms with Crippen LogP contribution in [0, 0.1) is 0 Å². The van der Waals surface area contributed by atoms with Gasteiger partial charge in [-0.2, -0.15) is 21.6 Å². The molecule has 0 aliphatic carbocycles. The lowest BCUT2D eigenvalue weighted by Gasteiger charge is -2.15. The fourth-order valence-corrected chi connectivity index (χ4v) is 2.70. The predicted octanol–water partition coefficient (Wildman–Crippen LogP) is 4.08. The van der Waals surface area contributed by atoms with Crippen molar-refractivity contribution in [3.05, 3.63) is 59.2 Å². The number of halogens is 3. The Labute approximate surface area is 166 Å². The largest absolute Gasteiger partial charge is 0.466 e. The van der Waals surface area contributed by atoms with Crippen molar-refractivity contribution in [1.29, 1.82) is 0 Å². The highest BCUT2D eigenvalue weighted by molar-refractivity contribution is 7.85. The monoisotopic (exact) mass is 432 g/mol. The van der Waals surface area contributed by atoms with Crippen LogP contribution < -0.4 is 4.74 Å². The summed E-state index contributed by atoms with van der Waals surface area (Å²) in [5.41, 5.74) is -0.476. The smallest absolute Gasteiger partial charge is 0.416 e. The molecule has 6 nitrogen and oxygen atoms in total. The molecule has 0 aliphatic heterocycles. The van der Waals surface area contributed by atoms with Gasteiger partial charge in [0.1, 0.15) is 11.5 Å². The van der Waals surface area contributed by atoms with Crippen molar-refractivity contribution >= 4 is 16.1 Å². The van der Waals surface area contributed by atoms with Crippen molar-refractivity contribution in [2.75, 3.05) is 12.9 Å². The molecule has 2 rings (SSSR count). The molecular weight excluding hydrogens is 413 g/mol. The molecule has 2 aromatic carbocycles. The van der Waals surface area contributed by atoms with Gasteiger partial charge in [0, 0.05) is 5.56 Å². The average Bonchev–Trinajstić information content (AvgIpc) is 2.59. The molecule has 0 amide bonds. The van der Waals surface area contributed by atoms with Gasteiger partial charge in [0.05, 0.1) is 31.5 Å². The van der Waals surface area contributed by atoms with E-state index in [4.69, 9.17) is 9.47 Å². The van der Waals surface area contributed by atoms with E-state index in [-0.39, 0.29) is 30.1 Å². The molecule has 0 heterocycles. The second kappa shape index (κ2) is 9.27. The quantitative estimate of drug-likeness (QED) is 0.462. The third-order valence-electron chi connectivity index (χ3n) is 3.60. The van der Waals surface area contributed by atoms with Crippen molar-refractivity contribution < 1.29 is 40.0 Å². The molecule has 0 N–H and O–H groups in total. The molecule has 0 unspecified atom stereocenters. The minimum atomic E-state index is -4.61. The van der Waals surface area contributed by atoms with Gasteiger partial charge in [-0.05, 0) is 42.8 Å². The zero-order valence-electron chi connectivity index (χ0n) is 15.7. The second-order valence-corrected chi connectivity index (χ2v) is 7.66. The van der Waals surface area contributed by atoms with Gasteiger partial charge in [-0.25, -0.2) is 0 Å². The summed E-state index contributed by atoms with van der Waals surface area (Å²) in [4.78, 5) is 11.6. The third kappa shape index (κ3) is 7.39. The molecule has 10 heteroatoms. The van der Waals surface area contributed by atoms with Gasteiger partial charge in [-0.15, -0.1) is 0 Å². The van der Waals surface area contributed by atoms with Crippen LogP contribution in [-0.2, 0) is 43.0 Å². The molecule has 0 saturated heterocycles. The number of alkyl halides is 3. The summed E-state index contributed by atoms with van der Waals surface area (Å²) in [5.74, 6) is -0.177. The maximum Gasteiger partial charge on any atom is 0.416 e. The van der Waals surface area contributed by atoms with E-state index in [0.29, 0.717) is 5.56 Å². The third-order valence-corrected chi connectivity index (χ3v) is 4.14. The highest BCUT2D eigenvalue weighted by atomic mass is 32.2. The van der Waals surface area contributed by atoms with E-state index in [1.807, 2.05) is 0 Å². The van der Waals surface area contributed by atoms with Crippen LogP contribution in [0.2, 0.25) is 0 Å². The van der Waals surface area contributed by atoms with Crippen LogP contribution >= 0.6 is 0 Å². The van der Waals surface area contributed by atoms with E-state index in [0.717, 1.165) is 24.5 Å². The van der Waals surface area contributed by atoms with Crippen LogP contribution in [0.15, 0.2) is 42.5 Å². The standard InChI is InChI=1S/C19H19F3O6S/c1-3-26-18(23)10-13-5-4-6-16(9-13)28-17-8-7-15(19(20,21)22)11-14(17)12-27-29(2,24)25/h4-9,11H,3,10,12H2,1-2H3. The van der Waals surface area contributed by atoms with Gasteiger partial charge in [0.15, 0.2) is 0 Å². The molecule has 0 fully saturated rings. The van der Waals surface area contributed by atoms with Gasteiger partial charge in [-0.3, -0.25) is 8.98 Å². The molecule has 2 aromatic rings. The van der Waals surface area contributed by atoms with Crippen molar-refractivity contribution in [2.24, 2.45) is 0 Å². The lowest BCUT2D eigenvalue weighted by molar-refractivity contribution is -0.142. The van der Waals surface area contributed by atoms with Gasteiger partial charge < -0.3 is 9.47 Å². The highest BCUT2D eigenvalue weighted by Gasteiger charge is 2.31. The Bertz CT molecular complexity index is 970. The van der Waals surface area contributed by atoms with Crippen molar-refractivity contribution in [1.82, 2.24) is 0 Å². The summed E-state index contributed by atoms with van der Waals surface area (Å²) in [6.07, 6.45) is -3.82. The number of benzene rings is 2. The first-order valence-corrected chi connectivity index (χ1v) is 10.3. The summed E-state index contributed by atoms with van der Waals surface area (Å²) in [5, 5.41) is 0. The summed E-state index contributed by atoms with van der Waals surface area (Å²) < 4.78 is 76.6. The van der Waals surface area contributed by atoms with Crippen LogP contribution in [0.4, 0.5) is 13.2 Å². The van der Waals surface area contributed by atoms with E-state index in [9.17, 15) is 26.4 Å². The van der Waals surface area contributed by atoms with Crippen molar-refractivity contribution in [3.63, 3.8) is 0 Å². The van der Waals surface area contributed by atoms with Gasteiger partial charge in [-0.1, -0.05) is 12.1 Å². The zero-order valence-corrected chi connectivity index (χ0v) is 16.5. The summed E-state index contributed by atoms with van der Waals surface area (Å²) in [7, 11) is -3.87. The number of esters is 1. The summed E-state index contributed by atoms with van der Waals surface area (Å²) in [6.45, 7) is 1.30. The normalized spacial score (nSPS) is 11.9. The lowest BCUT2D eigenvalue weighted by Crippen LogP contribution is -2.09. The van der Waals surface area contributed by atoms with Crippen molar-refractivity contribution in [3.8, 4) is 11.5 Å². The molecule has 0 saturated carbocycles. The first-order valence-electron chi connectivity index (χ1n) is 8.45. The Morgan fingerprint density at radius 2 is 1.83 bits per heavy atom. The number of carbonyl (C=O) groups is 1. The Morgan fingerprint density at radius 1 is 1.10 bits per heavy atom. The molecule has 0 aliphatic rings. The van der Waals surface area contributed by atoms with Crippen LogP contribution in [0.1, 0.15) is 23.6 Å². The maximum atomic E-state index is 13.0. The fraction of sp³-hybridized carbons (Fsp3) is 0.316. The van der Waals surface area contributed by atoms with Crippen LogP contribution in [0.5, 0.6) is 11.5 Å². The van der Waals surface area contributed by atoms with Gasteiger partial charge in [0.2, 0.25) is 0 Å². The summed E-state index contributed by atoms with van der Waals surface area (Å²) in [6, 6.07) is 9.04. The van der Waals surface area contributed by atoms with Crippen LogP contribution in [0.3, 0.4) is 0 Å². The molecule has 158 valence electrons. The van der Waals surface area contributed by atoms with E-state index in [2.05, 4.69) is 4.18 Å². The Morgan fingerprint density at radius 3 is 2.45 bits per heavy atom. The Hall–Kier alpha value is -2.59. The minimum Gasteiger partial charge on any atom is -0.466 e. The number of hydrogen-bond donors (Lipinski definition) is 0. The highest BCUT2D eigenvalue weighted by Crippen LogP contribution is 2.34. The van der Waals surface area contributed by atoms with Crippen LogP contribution in [-0.4, -0.2) is 27.2 Å². The minimum absolute atomic E-state index is 0.00208. The molecule has 0 spiro atoms. The SMILES string of the molecule is CCOC(=O)Cc1cccc(Oc2ccc(C(F)(F)F)cc2COS(C)(=O)=O)c1. The molecule has 0 radical (unpaired) electrons. The maximum absolute atomic E-state index is 13.0. The van der Waals surface area contributed by atoms with Gasteiger partial charge in [0.25, 0.3) is 10.1 Å². The molecule has 29 heavy (non-hydrogen) atoms. The number of carbonyl (C=O) groups excluding carboxylic acids is 1. The van der Waals surface area contributed by atoms with E-state index in [1.54, 1.807) is 25.1 Å². The lowest BCUT2D eigenvalue weighted by atomic mass is 10.1. The predicted molar refractivity (Wildman–Crippen MR) is 97.9 cm³/mol. The van der Waals surface area contributed by atoms with Crippen LogP contribution in [0.25, 0.3) is 0 Å². The van der Waals surface area contributed by atoms with E-state index < -0.39 is 34.4 Å². The van der Waals surface area contributed by atoms with E-state index >= 15 is 0 Å². The topological polar surface area (TPSA) is 78.9 Å². The first kappa shape index (κ1) is 22.7. The number of rotatable bonds is 8. The molecule has 0 aromatic heterocycles. The average molecular weight is 432 g/mol. The Kier molecular flexibility index (Phi) is 7.26. The number of hydrogen-bond acceptors (Lipinski definition) is 6. The van der Waals surface area contributed by atoms with Crippen molar-refractivity contribution in [2.45, 2.75) is 26.1 Å². The Balaban J connectivity index is 2.30. The first-order chi connectivity index (χ1) is 13.5.